The molecule has 0 bridgehead atoms. The molecule has 2 aromatic rings. The average Bonchev–Trinajstić information content (AvgIpc) is 2.45. The second-order valence-electron chi connectivity index (χ2n) is 3.86. The number of nitrogens with zero attached hydrogens (tertiary/aromatic N) is 2. The number of aromatic nitrogens is 2. The van der Waals surface area contributed by atoms with Gasteiger partial charge in [-0.25, -0.2) is 4.98 Å². The fraction of sp³-hybridized carbons (Fsp3) is 0.154. The Bertz CT molecular complexity index is 650. The summed E-state index contributed by atoms with van der Waals surface area (Å²) in [6, 6.07) is 9.16. The molecular weight excluding hydrogens is 246 g/mol. The zero-order valence-electron chi connectivity index (χ0n) is 10.4. The van der Waals surface area contributed by atoms with E-state index in [1.165, 1.54) is 17.9 Å². The van der Waals surface area contributed by atoms with Gasteiger partial charge in [0, 0.05) is 0 Å². The van der Waals surface area contributed by atoms with E-state index < -0.39 is 11.5 Å². The number of methoxy groups -OCH3 is 1. The van der Waals surface area contributed by atoms with Crippen molar-refractivity contribution in [1.82, 2.24) is 9.55 Å². The van der Waals surface area contributed by atoms with Crippen molar-refractivity contribution >= 4 is 11.8 Å². The molecule has 0 unspecified atom stereocenters. The van der Waals surface area contributed by atoms with E-state index in [0.29, 0.717) is 5.69 Å². The maximum absolute atomic E-state index is 12.0. The summed E-state index contributed by atoms with van der Waals surface area (Å²) >= 11 is 0. The Morgan fingerprint density at radius 1 is 1.37 bits per heavy atom. The lowest BCUT2D eigenvalue weighted by atomic mass is 10.1. The van der Waals surface area contributed by atoms with Gasteiger partial charge in [0.25, 0.3) is 5.56 Å². The summed E-state index contributed by atoms with van der Waals surface area (Å²) in [5.74, 6) is -0.673. The van der Waals surface area contributed by atoms with Crippen LogP contribution in [0.2, 0.25) is 0 Å². The number of anilines is 1. The highest BCUT2D eigenvalue weighted by molar-refractivity contribution is 5.71. The van der Waals surface area contributed by atoms with Crippen LogP contribution in [0.3, 0.4) is 0 Å². The molecule has 1 aromatic carbocycles. The molecule has 98 valence electrons. The zero-order valence-corrected chi connectivity index (χ0v) is 10.4. The molecule has 0 saturated carbocycles. The lowest BCUT2D eigenvalue weighted by molar-refractivity contribution is -0.141. The summed E-state index contributed by atoms with van der Waals surface area (Å²) in [4.78, 5) is 27.2. The van der Waals surface area contributed by atoms with E-state index >= 15 is 0 Å². The number of hydrogen-bond acceptors (Lipinski definition) is 5. The molecule has 2 N–H and O–H groups in total. The van der Waals surface area contributed by atoms with E-state index in [9.17, 15) is 9.59 Å². The third kappa shape index (κ3) is 2.62. The van der Waals surface area contributed by atoms with Gasteiger partial charge in [-0.1, -0.05) is 30.3 Å². The minimum Gasteiger partial charge on any atom is -0.468 e. The molecule has 1 heterocycles. The Balaban J connectivity index is 2.58. The molecular formula is C13H13N3O3. The van der Waals surface area contributed by atoms with Crippen molar-refractivity contribution in [1.29, 1.82) is 0 Å². The first kappa shape index (κ1) is 12.8. The number of nitrogen functional groups attached to an aromatic ring is 1. The number of nitrogens with two attached hydrogens (primary N) is 1. The first-order chi connectivity index (χ1) is 9.13. The first-order valence-electron chi connectivity index (χ1n) is 5.61. The molecule has 0 atom stereocenters. The molecule has 0 radical (unpaired) electrons. The number of hydrogen-bond donors (Lipinski definition) is 1. The Labute approximate surface area is 109 Å². The van der Waals surface area contributed by atoms with E-state index in [2.05, 4.69) is 9.72 Å². The van der Waals surface area contributed by atoms with Crippen molar-refractivity contribution in [2.24, 2.45) is 0 Å². The van der Waals surface area contributed by atoms with Crippen LogP contribution in [0.1, 0.15) is 0 Å². The SMILES string of the molecule is COC(=O)Cn1c(-c2ccccc2)cnc(N)c1=O. The van der Waals surface area contributed by atoms with Crippen molar-refractivity contribution in [2.45, 2.75) is 6.54 Å². The van der Waals surface area contributed by atoms with Crippen LogP contribution in [0.25, 0.3) is 11.3 Å². The predicted molar refractivity (Wildman–Crippen MR) is 70.4 cm³/mol. The van der Waals surface area contributed by atoms with Crippen molar-refractivity contribution in [3.63, 3.8) is 0 Å². The van der Waals surface area contributed by atoms with Gasteiger partial charge in [-0.2, -0.15) is 0 Å². The van der Waals surface area contributed by atoms with Crippen LogP contribution < -0.4 is 11.3 Å². The van der Waals surface area contributed by atoms with Crippen molar-refractivity contribution < 1.29 is 9.53 Å². The van der Waals surface area contributed by atoms with Gasteiger partial charge < -0.3 is 10.5 Å². The highest BCUT2D eigenvalue weighted by Gasteiger charge is 2.13. The summed E-state index contributed by atoms with van der Waals surface area (Å²) in [7, 11) is 1.26. The summed E-state index contributed by atoms with van der Waals surface area (Å²) in [5, 5.41) is 0. The minimum absolute atomic E-state index is 0.149. The molecule has 0 saturated heterocycles. The first-order valence-corrected chi connectivity index (χ1v) is 5.61. The van der Waals surface area contributed by atoms with Crippen LogP contribution in [-0.4, -0.2) is 22.6 Å². The van der Waals surface area contributed by atoms with Crippen molar-refractivity contribution in [3.8, 4) is 11.3 Å². The number of ether oxygens (including phenoxy) is 1. The van der Waals surface area contributed by atoms with Crippen molar-refractivity contribution in [3.05, 3.63) is 46.9 Å². The Morgan fingerprint density at radius 2 is 2.05 bits per heavy atom. The number of benzene rings is 1. The topological polar surface area (TPSA) is 87.2 Å². The highest BCUT2D eigenvalue weighted by Crippen LogP contribution is 2.17. The van der Waals surface area contributed by atoms with Gasteiger partial charge in [-0.15, -0.1) is 0 Å². The largest absolute Gasteiger partial charge is 0.468 e. The predicted octanol–water partition coefficient (Wildman–Crippen LogP) is 0.666. The number of esters is 1. The van der Waals surface area contributed by atoms with Gasteiger partial charge in [-0.3, -0.25) is 14.2 Å². The van der Waals surface area contributed by atoms with E-state index in [4.69, 9.17) is 5.73 Å². The molecule has 0 amide bonds. The van der Waals surface area contributed by atoms with Crippen LogP contribution in [0, 0.1) is 0 Å². The van der Waals surface area contributed by atoms with Crippen LogP contribution in [0.5, 0.6) is 0 Å². The molecule has 0 spiro atoms. The zero-order chi connectivity index (χ0) is 13.8. The molecule has 2 rings (SSSR count). The highest BCUT2D eigenvalue weighted by atomic mass is 16.5. The normalized spacial score (nSPS) is 10.2. The Kier molecular flexibility index (Phi) is 3.61. The molecule has 19 heavy (non-hydrogen) atoms. The fourth-order valence-electron chi connectivity index (χ4n) is 1.69. The van der Waals surface area contributed by atoms with Crippen LogP contribution >= 0.6 is 0 Å². The Hall–Kier alpha value is -2.63. The third-order valence-corrected chi connectivity index (χ3v) is 2.67. The molecule has 0 aliphatic carbocycles. The minimum atomic E-state index is -0.523. The van der Waals surface area contributed by atoms with Crippen LogP contribution in [0.15, 0.2) is 41.3 Å². The van der Waals surface area contributed by atoms with Crippen LogP contribution in [0.4, 0.5) is 5.82 Å². The third-order valence-electron chi connectivity index (χ3n) is 2.67. The van der Waals surface area contributed by atoms with Gasteiger partial charge in [0.2, 0.25) is 0 Å². The molecule has 6 nitrogen and oxygen atoms in total. The van der Waals surface area contributed by atoms with E-state index in [0.717, 1.165) is 5.56 Å². The molecule has 6 heteroatoms. The van der Waals surface area contributed by atoms with Gasteiger partial charge in [0.15, 0.2) is 5.82 Å². The van der Waals surface area contributed by atoms with Gasteiger partial charge in [0.1, 0.15) is 6.54 Å². The lowest BCUT2D eigenvalue weighted by Gasteiger charge is -2.11. The number of carbonyl (C=O) groups excluding carboxylic acids is 1. The van der Waals surface area contributed by atoms with Gasteiger partial charge >= 0.3 is 5.97 Å². The van der Waals surface area contributed by atoms with E-state index in [-0.39, 0.29) is 12.4 Å². The Morgan fingerprint density at radius 3 is 2.68 bits per heavy atom. The van der Waals surface area contributed by atoms with Gasteiger partial charge in [0.05, 0.1) is 19.0 Å². The number of carbonyl (C=O) groups is 1. The maximum Gasteiger partial charge on any atom is 0.325 e. The monoisotopic (exact) mass is 259 g/mol. The fourth-order valence-corrected chi connectivity index (χ4v) is 1.69. The summed E-state index contributed by atoms with van der Waals surface area (Å²) < 4.78 is 5.83. The lowest BCUT2D eigenvalue weighted by Crippen LogP contribution is -2.29. The molecule has 1 aromatic heterocycles. The second kappa shape index (κ2) is 5.34. The summed E-state index contributed by atoms with van der Waals surface area (Å²) in [6.45, 7) is -0.202. The second-order valence-corrected chi connectivity index (χ2v) is 3.86. The maximum atomic E-state index is 12.0. The summed E-state index contributed by atoms with van der Waals surface area (Å²) in [5.41, 5.74) is 6.27. The number of rotatable bonds is 3. The molecule has 0 aliphatic rings. The quantitative estimate of drug-likeness (QED) is 0.818. The molecule has 0 fully saturated rings. The standard InChI is InChI=1S/C13H13N3O3/c1-19-11(17)8-16-10(7-15-12(14)13(16)18)9-5-3-2-4-6-9/h2-7H,8H2,1H3,(H2,14,15). The molecule has 0 aliphatic heterocycles. The smallest absolute Gasteiger partial charge is 0.325 e. The van der Waals surface area contributed by atoms with Crippen LogP contribution in [-0.2, 0) is 16.1 Å². The van der Waals surface area contributed by atoms with E-state index in [1.807, 2.05) is 30.3 Å². The van der Waals surface area contributed by atoms with Gasteiger partial charge in [-0.05, 0) is 5.56 Å². The van der Waals surface area contributed by atoms with Crippen molar-refractivity contribution in [2.75, 3.05) is 12.8 Å². The summed E-state index contributed by atoms with van der Waals surface area (Å²) in [6.07, 6.45) is 1.47. The average molecular weight is 259 g/mol. The van der Waals surface area contributed by atoms with E-state index in [1.54, 1.807) is 0 Å².